The van der Waals surface area contributed by atoms with E-state index in [4.69, 9.17) is 9.47 Å². The summed E-state index contributed by atoms with van der Waals surface area (Å²) in [5.41, 5.74) is 0. The van der Waals surface area contributed by atoms with Crippen molar-refractivity contribution < 1.29 is 36.3 Å². The van der Waals surface area contributed by atoms with E-state index >= 15 is 0 Å². The molecule has 1 aliphatic rings. The van der Waals surface area contributed by atoms with Crippen molar-refractivity contribution >= 4 is 24.8 Å². The Labute approximate surface area is 141 Å². The van der Waals surface area contributed by atoms with Gasteiger partial charge in [0.1, 0.15) is 0 Å². The summed E-state index contributed by atoms with van der Waals surface area (Å²) in [4.78, 5) is 0. The minimum atomic E-state index is 0. The van der Waals surface area contributed by atoms with Crippen LogP contribution in [-0.4, -0.2) is 19.3 Å². The first-order valence-corrected chi connectivity index (χ1v) is 4.91. The number of phenols is 1. The number of phenolic OH excluding ortho intramolecular Hbond substituents is 1. The maximum atomic E-state index is 9.34. The summed E-state index contributed by atoms with van der Waals surface area (Å²) >= 11 is 0. The number of benzene rings is 1. The van der Waals surface area contributed by atoms with Crippen LogP contribution in [0.4, 0.5) is 0 Å². The average Bonchev–Trinajstić information content (AvgIpc) is 2.88. The van der Waals surface area contributed by atoms with Crippen molar-refractivity contribution in [2.45, 2.75) is 6.42 Å². The molecule has 0 aliphatic heterocycles. The van der Waals surface area contributed by atoms with Crippen LogP contribution in [0.1, 0.15) is 6.42 Å². The Morgan fingerprint density at radius 2 is 1.63 bits per heavy atom. The van der Waals surface area contributed by atoms with Crippen molar-refractivity contribution in [2.24, 2.45) is 0 Å². The van der Waals surface area contributed by atoms with Crippen LogP contribution in [0, 0.1) is 6.08 Å². The second-order valence-electron chi connectivity index (χ2n) is 3.01. The molecule has 0 saturated carbocycles. The number of aromatic hydroxyl groups is 1. The normalized spacial score (nSPS) is 10.0. The van der Waals surface area contributed by atoms with Crippen molar-refractivity contribution in [3.8, 4) is 17.2 Å². The summed E-state index contributed by atoms with van der Waals surface area (Å²) in [5, 5.41) is 9.34. The van der Waals surface area contributed by atoms with Crippen LogP contribution in [0.15, 0.2) is 36.4 Å². The van der Waals surface area contributed by atoms with Gasteiger partial charge in [0.2, 0.25) is 5.75 Å². The first-order chi connectivity index (χ1) is 7.79. The predicted molar refractivity (Wildman–Crippen MR) is 77.3 cm³/mol. The minimum Gasteiger partial charge on any atom is -0.502 e. The number of hydrogen-bond acceptors (Lipinski definition) is 3. The van der Waals surface area contributed by atoms with Crippen LogP contribution in [-0.2, 0) is 21.7 Å². The van der Waals surface area contributed by atoms with E-state index in [-0.39, 0.29) is 52.3 Å². The molecule has 0 spiro atoms. The number of hydrogen-bond donors (Lipinski definition) is 1. The Morgan fingerprint density at radius 1 is 1.11 bits per heavy atom. The van der Waals surface area contributed by atoms with Crippen LogP contribution in [0.2, 0.25) is 0 Å². The molecule has 0 heterocycles. The second-order valence-corrected chi connectivity index (χ2v) is 3.01. The number of methoxy groups -OCH3 is 2. The largest absolute Gasteiger partial charge is 0.502 e. The van der Waals surface area contributed by atoms with Gasteiger partial charge in [0, 0.05) is 21.7 Å². The minimum absolute atomic E-state index is 0. The molecule has 1 aromatic rings. The first-order valence-electron chi connectivity index (χ1n) is 4.91. The van der Waals surface area contributed by atoms with Crippen molar-refractivity contribution in [2.75, 3.05) is 14.2 Å². The van der Waals surface area contributed by atoms with Crippen LogP contribution >= 0.6 is 24.8 Å². The molecule has 3 nitrogen and oxygen atoms in total. The summed E-state index contributed by atoms with van der Waals surface area (Å²) in [6.07, 6.45) is 10.0. The molecule has 19 heavy (non-hydrogen) atoms. The van der Waals surface area contributed by atoms with E-state index in [2.05, 4.69) is 12.2 Å². The fourth-order valence-electron chi connectivity index (χ4n) is 1.17. The number of ether oxygens (including phenoxy) is 2. The van der Waals surface area contributed by atoms with E-state index in [0.29, 0.717) is 11.5 Å². The van der Waals surface area contributed by atoms with Crippen molar-refractivity contribution in [3.63, 3.8) is 0 Å². The number of para-hydroxylation sites is 1. The van der Waals surface area contributed by atoms with Gasteiger partial charge in [-0.2, -0.15) is 6.08 Å². The first kappa shape index (κ1) is 23.5. The Balaban J connectivity index is -0.000000277. The van der Waals surface area contributed by atoms with Crippen LogP contribution in [0.25, 0.3) is 0 Å². The third-order valence-corrected chi connectivity index (χ3v) is 1.99. The zero-order chi connectivity index (χ0) is 11.8. The van der Waals surface area contributed by atoms with Gasteiger partial charge in [-0.15, -0.1) is 31.2 Å². The van der Waals surface area contributed by atoms with E-state index in [1.54, 1.807) is 18.2 Å². The molecular weight excluding hydrogens is 323 g/mol. The summed E-state index contributed by atoms with van der Waals surface area (Å²) < 4.78 is 9.71. The van der Waals surface area contributed by atoms with Gasteiger partial charge in [0.25, 0.3) is 0 Å². The molecule has 0 bridgehead atoms. The zero-order valence-corrected chi connectivity index (χ0v) is 13.9. The molecule has 6 heteroatoms. The van der Waals surface area contributed by atoms with Crippen molar-refractivity contribution in [1.82, 2.24) is 0 Å². The molecular formula is C13H17Cl2O3Ti-. The molecule has 0 fully saturated rings. The molecule has 0 atom stereocenters. The SMILES string of the molecule is COc1cccc(OC)c1O.Cl.Cl.[C-]1=CC=CC1.[Ti]. The molecule has 106 valence electrons. The van der Waals surface area contributed by atoms with Gasteiger partial charge in [-0.25, -0.2) is 12.2 Å². The maximum absolute atomic E-state index is 9.34. The fourth-order valence-corrected chi connectivity index (χ4v) is 1.17. The van der Waals surface area contributed by atoms with E-state index in [0.717, 1.165) is 6.42 Å². The third kappa shape index (κ3) is 8.22. The standard InChI is InChI=1S/C8H10O3.C5H5.2ClH.Ti/c1-10-6-4-3-5-7(11-2)8(6)9;1-2-4-5-3-1;;;/h3-5,9H,1-2H3;1-3H,4H2;2*1H;/q;-1;;;. The van der Waals surface area contributed by atoms with Crippen LogP contribution < -0.4 is 9.47 Å². The van der Waals surface area contributed by atoms with Gasteiger partial charge in [0.15, 0.2) is 11.5 Å². The summed E-state index contributed by atoms with van der Waals surface area (Å²) in [7, 11) is 2.99. The fraction of sp³-hybridized carbons (Fsp3) is 0.231. The Morgan fingerprint density at radius 3 is 1.89 bits per heavy atom. The van der Waals surface area contributed by atoms with Gasteiger partial charge in [-0.3, -0.25) is 6.08 Å². The van der Waals surface area contributed by atoms with E-state index < -0.39 is 0 Å². The third-order valence-electron chi connectivity index (χ3n) is 1.99. The Hall–Kier alpha value is -0.606. The smallest absolute Gasteiger partial charge is 0.200 e. The van der Waals surface area contributed by atoms with E-state index in [9.17, 15) is 5.11 Å². The topological polar surface area (TPSA) is 38.7 Å². The van der Waals surface area contributed by atoms with Gasteiger partial charge >= 0.3 is 0 Å². The number of rotatable bonds is 2. The van der Waals surface area contributed by atoms with Gasteiger partial charge < -0.3 is 14.6 Å². The number of allylic oxidation sites excluding steroid dienone is 4. The predicted octanol–water partition coefficient (Wildman–Crippen LogP) is 3.56. The second kappa shape index (κ2) is 13.8. The van der Waals surface area contributed by atoms with Crippen LogP contribution in [0.5, 0.6) is 17.2 Å². The maximum Gasteiger partial charge on any atom is 0.200 e. The Kier molecular flexibility index (Phi) is 17.1. The summed E-state index contributed by atoms with van der Waals surface area (Å²) in [6.45, 7) is 0. The van der Waals surface area contributed by atoms with Gasteiger partial charge in [-0.05, 0) is 12.1 Å². The van der Waals surface area contributed by atoms with Crippen molar-refractivity contribution in [3.05, 3.63) is 42.5 Å². The molecule has 1 N–H and O–H groups in total. The molecule has 0 aromatic heterocycles. The molecule has 0 amide bonds. The summed E-state index contributed by atoms with van der Waals surface area (Å²) in [6, 6.07) is 5.08. The average molecular weight is 340 g/mol. The molecule has 0 saturated heterocycles. The van der Waals surface area contributed by atoms with E-state index in [1.165, 1.54) is 14.2 Å². The van der Waals surface area contributed by atoms with E-state index in [1.807, 2.05) is 12.2 Å². The summed E-state index contributed by atoms with van der Waals surface area (Å²) in [5.74, 6) is 0.881. The monoisotopic (exact) mass is 339 g/mol. The molecule has 1 aliphatic carbocycles. The van der Waals surface area contributed by atoms with Crippen molar-refractivity contribution in [1.29, 1.82) is 0 Å². The molecule has 0 radical (unpaired) electrons. The molecule has 1 aromatic carbocycles. The molecule has 0 unspecified atom stereocenters. The van der Waals surface area contributed by atoms with Gasteiger partial charge in [0.05, 0.1) is 14.2 Å². The van der Waals surface area contributed by atoms with Gasteiger partial charge in [-0.1, -0.05) is 6.07 Å². The number of halogens is 2. The Bertz CT molecular complexity index is 363. The van der Waals surface area contributed by atoms with Crippen LogP contribution in [0.3, 0.4) is 0 Å². The molecule has 2 rings (SSSR count). The quantitative estimate of drug-likeness (QED) is 0.661. The zero-order valence-electron chi connectivity index (χ0n) is 10.8.